The highest BCUT2D eigenvalue weighted by Crippen LogP contribution is 2.60. The van der Waals surface area contributed by atoms with Gasteiger partial charge in [0.25, 0.3) is 0 Å². The number of aryl methyl sites for hydroxylation is 1. The van der Waals surface area contributed by atoms with Gasteiger partial charge in [-0.25, -0.2) is 4.98 Å². The molecule has 146 valence electrons. The van der Waals surface area contributed by atoms with Gasteiger partial charge in [0.2, 0.25) is 0 Å². The summed E-state index contributed by atoms with van der Waals surface area (Å²) in [5.41, 5.74) is 3.39. The van der Waals surface area contributed by atoms with Gasteiger partial charge in [-0.1, -0.05) is 26.0 Å². The molecule has 5 atom stereocenters. The molecule has 2 fully saturated rings. The molecule has 4 rings (SSSR count). The third-order valence-corrected chi connectivity index (χ3v) is 9.05. The zero-order chi connectivity index (χ0) is 19.1. The van der Waals surface area contributed by atoms with Crippen LogP contribution in [-0.2, 0) is 12.8 Å². The Bertz CT molecular complexity index is 669. The third kappa shape index (κ3) is 3.08. The predicted octanol–water partition coefficient (Wildman–Crippen LogP) is 4.55. The lowest BCUT2D eigenvalue weighted by atomic mass is 9.54. The highest BCUT2D eigenvalue weighted by molar-refractivity contribution is 7.11. The van der Waals surface area contributed by atoms with Crippen LogP contribution in [0.5, 0.6) is 0 Å². The number of thiazole rings is 1. The minimum absolute atomic E-state index is 0.228. The van der Waals surface area contributed by atoms with Gasteiger partial charge in [0.05, 0.1) is 10.7 Å². The summed E-state index contributed by atoms with van der Waals surface area (Å²) in [7, 11) is 1.00. The van der Waals surface area contributed by atoms with Crippen molar-refractivity contribution in [3.8, 4) is 0 Å². The fourth-order valence-electron chi connectivity index (χ4n) is 6.05. The van der Waals surface area contributed by atoms with Gasteiger partial charge in [-0.15, -0.1) is 11.3 Å². The molecule has 3 aliphatic rings. The van der Waals surface area contributed by atoms with E-state index >= 15 is 0 Å². The molecule has 0 aliphatic heterocycles. The molecule has 0 amide bonds. The van der Waals surface area contributed by atoms with Crippen molar-refractivity contribution >= 4 is 11.3 Å². The smallest absolute Gasteiger partial charge is 0.0900 e. The maximum atomic E-state index is 10.1. The van der Waals surface area contributed by atoms with Crippen LogP contribution in [0.15, 0.2) is 12.2 Å². The number of hydrogen-bond donors (Lipinski definition) is 2. The van der Waals surface area contributed by atoms with E-state index in [-0.39, 0.29) is 5.41 Å². The number of aliphatic hydroxyl groups is 2. The maximum Gasteiger partial charge on any atom is 0.0900 e. The van der Waals surface area contributed by atoms with Crippen LogP contribution in [-0.4, -0.2) is 28.9 Å². The van der Waals surface area contributed by atoms with E-state index in [2.05, 4.69) is 27.4 Å². The molecule has 2 saturated carbocycles. The molecule has 5 unspecified atom stereocenters. The van der Waals surface area contributed by atoms with Gasteiger partial charge in [0, 0.05) is 18.6 Å². The quantitative estimate of drug-likeness (QED) is 0.744. The maximum absolute atomic E-state index is 10.1. The molecule has 0 saturated heterocycles. The SMILES string of the molecule is C=C1CCC2CC(C3(C)Cc4sc(C)nc4CC3CO)CCC12C.CO. The second-order valence-corrected chi connectivity index (χ2v) is 10.4. The van der Waals surface area contributed by atoms with Gasteiger partial charge in [0.1, 0.15) is 0 Å². The van der Waals surface area contributed by atoms with Crippen molar-refractivity contribution in [1.29, 1.82) is 0 Å². The molecular formula is C22H35NO2S. The molecule has 26 heavy (non-hydrogen) atoms. The van der Waals surface area contributed by atoms with E-state index in [0.29, 0.717) is 17.9 Å². The summed E-state index contributed by atoms with van der Waals surface area (Å²) in [5, 5.41) is 18.3. The van der Waals surface area contributed by atoms with Crippen LogP contribution < -0.4 is 0 Å². The summed E-state index contributed by atoms with van der Waals surface area (Å²) < 4.78 is 0. The van der Waals surface area contributed by atoms with E-state index in [1.165, 1.54) is 53.3 Å². The zero-order valence-electron chi connectivity index (χ0n) is 16.8. The van der Waals surface area contributed by atoms with E-state index in [1.54, 1.807) is 0 Å². The van der Waals surface area contributed by atoms with Crippen LogP contribution in [0.3, 0.4) is 0 Å². The zero-order valence-corrected chi connectivity index (χ0v) is 17.7. The number of nitrogens with zero attached hydrogens (tertiary/aromatic N) is 1. The van der Waals surface area contributed by atoms with Gasteiger partial charge in [0.15, 0.2) is 0 Å². The van der Waals surface area contributed by atoms with Gasteiger partial charge in [-0.3, -0.25) is 0 Å². The Hall–Kier alpha value is -0.710. The molecule has 0 radical (unpaired) electrons. The van der Waals surface area contributed by atoms with Gasteiger partial charge < -0.3 is 10.2 Å². The first-order valence-corrected chi connectivity index (χ1v) is 10.9. The fraction of sp³-hybridized carbons (Fsp3) is 0.773. The summed E-state index contributed by atoms with van der Waals surface area (Å²) in [6.45, 7) is 11.7. The topological polar surface area (TPSA) is 53.4 Å². The molecule has 1 heterocycles. The lowest BCUT2D eigenvalue weighted by molar-refractivity contribution is -0.0124. The van der Waals surface area contributed by atoms with Crippen molar-refractivity contribution in [1.82, 2.24) is 4.98 Å². The van der Waals surface area contributed by atoms with E-state index in [1.807, 2.05) is 11.3 Å². The summed E-state index contributed by atoms with van der Waals surface area (Å²) in [5.74, 6) is 1.91. The standard InChI is InChI=1S/C21H31NOS.CH4O/c1-13-5-6-15-9-16(7-8-20(13,15)3)21(4)11-19-18(10-17(21)12-23)22-14(2)24-19;1-2/h15-17,23H,1,5-12H2,2-4H3;2H,1H3. The monoisotopic (exact) mass is 377 g/mol. The van der Waals surface area contributed by atoms with Crippen molar-refractivity contribution < 1.29 is 10.2 Å². The van der Waals surface area contributed by atoms with E-state index in [4.69, 9.17) is 10.1 Å². The van der Waals surface area contributed by atoms with E-state index < -0.39 is 0 Å². The number of aromatic nitrogens is 1. The third-order valence-electron chi connectivity index (χ3n) is 8.04. The Kier molecular flexibility index (Phi) is 5.68. The molecule has 3 aliphatic carbocycles. The predicted molar refractivity (Wildman–Crippen MR) is 108 cm³/mol. The van der Waals surface area contributed by atoms with Gasteiger partial charge >= 0.3 is 0 Å². The average molecular weight is 378 g/mol. The van der Waals surface area contributed by atoms with Gasteiger partial charge in [-0.2, -0.15) is 0 Å². The number of fused-ring (bicyclic) bond motifs is 2. The number of hydrogen-bond acceptors (Lipinski definition) is 4. The molecule has 2 N–H and O–H groups in total. The van der Waals surface area contributed by atoms with Crippen LogP contribution in [0, 0.1) is 35.5 Å². The van der Waals surface area contributed by atoms with Crippen LogP contribution >= 0.6 is 11.3 Å². The molecule has 3 nitrogen and oxygen atoms in total. The highest BCUT2D eigenvalue weighted by Gasteiger charge is 2.52. The first-order valence-electron chi connectivity index (χ1n) is 10.1. The Morgan fingerprint density at radius 2 is 1.96 bits per heavy atom. The molecule has 1 aromatic heterocycles. The van der Waals surface area contributed by atoms with Crippen LogP contribution in [0.1, 0.15) is 61.5 Å². The van der Waals surface area contributed by atoms with Crippen molar-refractivity contribution in [2.75, 3.05) is 13.7 Å². The van der Waals surface area contributed by atoms with Crippen LogP contribution in [0.4, 0.5) is 0 Å². The molecular weight excluding hydrogens is 342 g/mol. The number of allylic oxidation sites excluding steroid dienone is 1. The summed E-state index contributed by atoms with van der Waals surface area (Å²) in [4.78, 5) is 6.22. The summed E-state index contributed by atoms with van der Waals surface area (Å²) >= 11 is 1.88. The molecule has 0 spiro atoms. The highest BCUT2D eigenvalue weighted by atomic mass is 32.1. The minimum Gasteiger partial charge on any atom is -0.400 e. The van der Waals surface area contributed by atoms with Crippen molar-refractivity contribution in [3.63, 3.8) is 0 Å². The molecule has 4 heteroatoms. The molecule has 1 aromatic rings. The number of rotatable bonds is 2. The Morgan fingerprint density at radius 3 is 2.65 bits per heavy atom. The first kappa shape index (κ1) is 20.0. The molecule has 0 aromatic carbocycles. The van der Waals surface area contributed by atoms with Crippen molar-refractivity contribution in [3.05, 3.63) is 27.7 Å². The Balaban J connectivity index is 0.000000948. The summed E-state index contributed by atoms with van der Waals surface area (Å²) in [6.07, 6.45) is 8.57. The lowest BCUT2D eigenvalue weighted by Gasteiger charge is -2.51. The summed E-state index contributed by atoms with van der Waals surface area (Å²) in [6, 6.07) is 0. The second kappa shape index (κ2) is 7.37. The fourth-order valence-corrected chi connectivity index (χ4v) is 7.19. The van der Waals surface area contributed by atoms with Crippen LogP contribution in [0.25, 0.3) is 0 Å². The Morgan fingerprint density at radius 1 is 1.23 bits per heavy atom. The first-order chi connectivity index (χ1) is 12.4. The van der Waals surface area contributed by atoms with Crippen LogP contribution in [0.2, 0.25) is 0 Å². The normalized spacial score (nSPS) is 39.0. The minimum atomic E-state index is 0.228. The van der Waals surface area contributed by atoms with E-state index in [9.17, 15) is 5.11 Å². The lowest BCUT2D eigenvalue weighted by Crippen LogP contribution is -2.46. The van der Waals surface area contributed by atoms with Gasteiger partial charge in [-0.05, 0) is 80.5 Å². The number of aliphatic hydroxyl groups excluding tert-OH is 2. The molecule has 0 bridgehead atoms. The van der Waals surface area contributed by atoms with E-state index in [0.717, 1.165) is 31.8 Å². The van der Waals surface area contributed by atoms with Crippen molar-refractivity contribution in [2.45, 2.75) is 65.7 Å². The average Bonchev–Trinajstić information content (AvgIpc) is 3.13. The Labute approximate surface area is 162 Å². The largest absolute Gasteiger partial charge is 0.400 e. The van der Waals surface area contributed by atoms with Crippen molar-refractivity contribution in [2.24, 2.45) is 28.6 Å². The second-order valence-electron chi connectivity index (χ2n) is 9.10.